The van der Waals surface area contributed by atoms with Crippen molar-refractivity contribution in [2.24, 2.45) is 0 Å². The zero-order valence-electron chi connectivity index (χ0n) is 12.5. The predicted molar refractivity (Wildman–Crippen MR) is 93.5 cm³/mol. The van der Waals surface area contributed by atoms with Gasteiger partial charge in [0.2, 0.25) is 0 Å². The van der Waals surface area contributed by atoms with Crippen molar-refractivity contribution >= 4 is 22.6 Å². The molecule has 0 aliphatic rings. The molecule has 0 fully saturated rings. The van der Waals surface area contributed by atoms with Crippen molar-refractivity contribution in [3.8, 4) is 0 Å². The van der Waals surface area contributed by atoms with E-state index < -0.39 is 0 Å². The van der Waals surface area contributed by atoms with Gasteiger partial charge in [0.05, 0.1) is 0 Å². The lowest BCUT2D eigenvalue weighted by molar-refractivity contribution is 0.617. The number of aryl methyl sites for hydroxylation is 2. The molecular weight excluding hydrogens is 381 g/mol. The van der Waals surface area contributed by atoms with E-state index in [1.807, 2.05) is 40.8 Å². The molecule has 0 atom stereocenters. The Balaban J connectivity index is 0.000000211. The van der Waals surface area contributed by atoms with Gasteiger partial charge in [-0.2, -0.15) is 0 Å². The van der Waals surface area contributed by atoms with Gasteiger partial charge in [-0.3, -0.25) is 0 Å². The van der Waals surface area contributed by atoms with Gasteiger partial charge in [-0.25, -0.2) is 8.78 Å². The summed E-state index contributed by atoms with van der Waals surface area (Å²) in [6.45, 7) is 4.18. The average Bonchev–Trinajstić information content (AvgIpc) is 2.44. The maximum atomic E-state index is 12.9. The second-order valence-electron chi connectivity index (χ2n) is 4.88. The third-order valence-electron chi connectivity index (χ3n) is 2.95. The summed E-state index contributed by atoms with van der Waals surface area (Å²) in [4.78, 5) is 0. The molecule has 0 amide bonds. The third kappa shape index (κ3) is 7.02. The Bertz CT molecular complexity index is 553. The second kappa shape index (κ2) is 9.87. The lowest BCUT2D eigenvalue weighted by Gasteiger charge is -1.99. The van der Waals surface area contributed by atoms with E-state index in [2.05, 4.69) is 13.8 Å². The molecule has 0 aliphatic carbocycles. The van der Waals surface area contributed by atoms with Crippen molar-refractivity contribution in [1.29, 1.82) is 0 Å². The molecule has 2 aromatic carbocycles. The fraction of sp³-hybridized carbons (Fsp3) is 0.333. The van der Waals surface area contributed by atoms with Gasteiger partial charge in [-0.1, -0.05) is 44.9 Å². The number of halogens is 3. The maximum Gasteiger partial charge on any atom is 0.136 e. The third-order valence-corrected chi connectivity index (χ3v) is 3.83. The Kier molecular flexibility index (Phi) is 8.50. The summed E-state index contributed by atoms with van der Waals surface area (Å²) >= 11 is 1.99. The van der Waals surface area contributed by atoms with Crippen LogP contribution >= 0.6 is 22.6 Å². The van der Waals surface area contributed by atoms with Crippen molar-refractivity contribution < 1.29 is 8.78 Å². The second-order valence-corrected chi connectivity index (χ2v) is 6.04. The first-order chi connectivity index (χ1) is 10.1. The van der Waals surface area contributed by atoms with Gasteiger partial charge < -0.3 is 0 Å². The summed E-state index contributed by atoms with van der Waals surface area (Å²) in [7, 11) is 0. The van der Waals surface area contributed by atoms with Crippen LogP contribution in [0.5, 0.6) is 0 Å². The van der Waals surface area contributed by atoms with Crippen molar-refractivity contribution in [2.45, 2.75) is 39.5 Å². The van der Waals surface area contributed by atoms with Gasteiger partial charge in [0.25, 0.3) is 0 Å². The minimum atomic E-state index is -0.133. The molecule has 0 aliphatic heterocycles. The van der Waals surface area contributed by atoms with Gasteiger partial charge in [0.15, 0.2) is 0 Å². The van der Waals surface area contributed by atoms with Gasteiger partial charge in [0.1, 0.15) is 11.6 Å². The summed E-state index contributed by atoms with van der Waals surface area (Å²) in [5.74, 6) is -0.234. The smallest absolute Gasteiger partial charge is 0.136 e. The largest absolute Gasteiger partial charge is 0.207 e. The fourth-order valence-electron chi connectivity index (χ4n) is 1.96. The van der Waals surface area contributed by atoms with Crippen LogP contribution in [0, 0.1) is 15.2 Å². The lowest BCUT2D eigenvalue weighted by Crippen LogP contribution is -1.87. The predicted octanol–water partition coefficient (Wildman–Crippen LogP) is 6.16. The molecule has 0 radical (unpaired) electrons. The average molecular weight is 402 g/mol. The highest BCUT2D eigenvalue weighted by Crippen LogP contribution is 2.13. The number of hydrogen-bond donors (Lipinski definition) is 0. The molecule has 2 aromatic rings. The van der Waals surface area contributed by atoms with Crippen LogP contribution in [0.2, 0.25) is 0 Å². The molecule has 21 heavy (non-hydrogen) atoms. The quantitative estimate of drug-likeness (QED) is 0.538. The SMILES string of the molecule is CCCc1ccc(I)c(F)c1.CCCc1cccc(F)c1. The Morgan fingerprint density at radius 1 is 0.857 bits per heavy atom. The highest BCUT2D eigenvalue weighted by Gasteiger charge is 1.98. The lowest BCUT2D eigenvalue weighted by atomic mass is 10.1. The normalized spacial score (nSPS) is 9.95. The van der Waals surface area contributed by atoms with Crippen molar-refractivity contribution in [3.63, 3.8) is 0 Å². The molecule has 0 aromatic heterocycles. The minimum Gasteiger partial charge on any atom is -0.207 e. The Hall–Kier alpha value is -0.970. The van der Waals surface area contributed by atoms with E-state index in [4.69, 9.17) is 0 Å². The van der Waals surface area contributed by atoms with E-state index in [1.54, 1.807) is 18.2 Å². The number of rotatable bonds is 4. The van der Waals surface area contributed by atoms with E-state index >= 15 is 0 Å². The van der Waals surface area contributed by atoms with Gasteiger partial charge in [-0.05, 0) is 70.8 Å². The van der Waals surface area contributed by atoms with Crippen molar-refractivity contribution in [2.75, 3.05) is 0 Å². The maximum absolute atomic E-state index is 12.9. The summed E-state index contributed by atoms with van der Waals surface area (Å²) in [6.07, 6.45) is 4.08. The topological polar surface area (TPSA) is 0 Å². The van der Waals surface area contributed by atoms with Crippen LogP contribution in [0.4, 0.5) is 8.78 Å². The molecule has 0 nitrogen and oxygen atoms in total. The highest BCUT2D eigenvalue weighted by atomic mass is 127. The molecule has 0 N–H and O–H groups in total. The molecular formula is C18H21F2I. The molecule has 2 rings (SSSR count). The van der Waals surface area contributed by atoms with E-state index in [1.165, 1.54) is 6.07 Å². The van der Waals surface area contributed by atoms with Crippen LogP contribution in [0.3, 0.4) is 0 Å². The number of benzene rings is 2. The van der Waals surface area contributed by atoms with E-state index in [-0.39, 0.29) is 11.6 Å². The van der Waals surface area contributed by atoms with Gasteiger partial charge >= 0.3 is 0 Å². The zero-order chi connectivity index (χ0) is 15.7. The molecule has 0 heterocycles. The van der Waals surface area contributed by atoms with Crippen LogP contribution < -0.4 is 0 Å². The van der Waals surface area contributed by atoms with Crippen LogP contribution in [0.15, 0.2) is 42.5 Å². The molecule has 0 saturated carbocycles. The highest BCUT2D eigenvalue weighted by molar-refractivity contribution is 14.1. The Labute approximate surface area is 139 Å². The van der Waals surface area contributed by atoms with Gasteiger partial charge in [0, 0.05) is 3.57 Å². The summed E-state index contributed by atoms with van der Waals surface area (Å²) < 4.78 is 26.1. The minimum absolute atomic E-state index is 0.100. The molecule has 0 unspecified atom stereocenters. The standard InChI is InChI=1S/C9H10FI.C9H11F/c1-2-3-7-4-5-9(11)8(10)6-7;1-2-4-8-5-3-6-9(10)7-8/h4-6H,2-3H2,1H3;3,5-7H,2,4H2,1H3. The first-order valence-corrected chi connectivity index (χ1v) is 8.33. The first kappa shape index (κ1) is 18.1. The van der Waals surface area contributed by atoms with Crippen LogP contribution in [0.1, 0.15) is 37.8 Å². The van der Waals surface area contributed by atoms with E-state index in [9.17, 15) is 8.78 Å². The molecule has 114 valence electrons. The summed E-state index contributed by atoms with van der Waals surface area (Å²) in [5.41, 5.74) is 2.17. The van der Waals surface area contributed by atoms with E-state index in [0.29, 0.717) is 3.57 Å². The first-order valence-electron chi connectivity index (χ1n) is 7.25. The van der Waals surface area contributed by atoms with Crippen molar-refractivity contribution in [3.05, 3.63) is 68.8 Å². The molecule has 0 bridgehead atoms. The van der Waals surface area contributed by atoms with Crippen LogP contribution in [0.25, 0.3) is 0 Å². The fourth-order valence-corrected chi connectivity index (χ4v) is 2.30. The van der Waals surface area contributed by atoms with Crippen molar-refractivity contribution in [1.82, 2.24) is 0 Å². The van der Waals surface area contributed by atoms with Crippen LogP contribution in [-0.4, -0.2) is 0 Å². The van der Waals surface area contributed by atoms with Crippen LogP contribution in [-0.2, 0) is 12.8 Å². The molecule has 0 spiro atoms. The molecule has 0 saturated heterocycles. The Morgan fingerprint density at radius 3 is 2.00 bits per heavy atom. The Morgan fingerprint density at radius 2 is 1.48 bits per heavy atom. The monoisotopic (exact) mass is 402 g/mol. The van der Waals surface area contributed by atoms with Gasteiger partial charge in [-0.15, -0.1) is 0 Å². The summed E-state index contributed by atoms with van der Waals surface area (Å²) in [6, 6.07) is 12.2. The zero-order valence-corrected chi connectivity index (χ0v) is 14.7. The number of hydrogen-bond acceptors (Lipinski definition) is 0. The molecule has 3 heteroatoms. The van der Waals surface area contributed by atoms with E-state index in [0.717, 1.165) is 36.8 Å². The summed E-state index contributed by atoms with van der Waals surface area (Å²) in [5, 5.41) is 0.